The Morgan fingerprint density at radius 1 is 1.24 bits per heavy atom. The molecular formula is C22H24FN3O3. The summed E-state index contributed by atoms with van der Waals surface area (Å²) < 4.78 is 24.6. The molecule has 0 fully saturated rings. The number of phenolic OH excluding ortho intramolecular Hbond substituents is 1. The van der Waals surface area contributed by atoms with E-state index < -0.39 is 5.82 Å². The zero-order chi connectivity index (χ0) is 21.0. The molecule has 0 bridgehead atoms. The Hall–Kier alpha value is -3.48. The summed E-state index contributed by atoms with van der Waals surface area (Å²) in [6.45, 7) is 8.70. The number of benzene rings is 2. The van der Waals surface area contributed by atoms with E-state index in [2.05, 4.69) is 11.9 Å². The van der Waals surface area contributed by atoms with Crippen LogP contribution in [0.4, 0.5) is 10.1 Å². The lowest BCUT2D eigenvalue weighted by molar-refractivity contribution is 0.282. The molecule has 0 saturated carbocycles. The molecule has 2 aromatic rings. The number of rotatable bonds is 6. The highest BCUT2D eigenvalue weighted by Crippen LogP contribution is 2.26. The first-order chi connectivity index (χ1) is 13.9. The Balaban J connectivity index is 1.97. The van der Waals surface area contributed by atoms with Gasteiger partial charge in [0, 0.05) is 6.07 Å². The van der Waals surface area contributed by atoms with Gasteiger partial charge in [-0.1, -0.05) is 6.58 Å². The van der Waals surface area contributed by atoms with Crippen molar-refractivity contribution in [3.8, 4) is 11.5 Å². The largest absolute Gasteiger partial charge is 0.508 e. The number of hydrogen-bond donors (Lipinski definition) is 2. The van der Waals surface area contributed by atoms with Crippen molar-refractivity contribution in [2.75, 3.05) is 13.7 Å². The minimum atomic E-state index is -0.508. The van der Waals surface area contributed by atoms with Crippen LogP contribution in [-0.4, -0.2) is 29.7 Å². The normalized spacial score (nSPS) is 15.2. The maximum Gasteiger partial charge on any atom is 0.208 e. The van der Waals surface area contributed by atoms with Crippen molar-refractivity contribution in [3.05, 3.63) is 77.6 Å². The van der Waals surface area contributed by atoms with Gasteiger partial charge in [0.2, 0.25) is 5.96 Å². The molecule has 2 aromatic carbocycles. The van der Waals surface area contributed by atoms with E-state index in [1.165, 1.54) is 12.1 Å². The molecule has 0 atom stereocenters. The zero-order valence-corrected chi connectivity index (χ0v) is 16.7. The van der Waals surface area contributed by atoms with Gasteiger partial charge in [-0.05, 0) is 55.3 Å². The lowest BCUT2D eigenvalue weighted by atomic mass is 10.2. The van der Waals surface area contributed by atoms with E-state index in [0.29, 0.717) is 29.6 Å². The van der Waals surface area contributed by atoms with Gasteiger partial charge >= 0.3 is 0 Å². The summed E-state index contributed by atoms with van der Waals surface area (Å²) in [6, 6.07) is 9.59. The predicted octanol–water partition coefficient (Wildman–Crippen LogP) is 4.33. The van der Waals surface area contributed by atoms with Crippen LogP contribution in [0.1, 0.15) is 18.1 Å². The van der Waals surface area contributed by atoms with Gasteiger partial charge in [-0.2, -0.15) is 0 Å². The summed E-state index contributed by atoms with van der Waals surface area (Å²) in [5.74, 6) is 1.18. The van der Waals surface area contributed by atoms with Crippen LogP contribution in [0.3, 0.4) is 0 Å². The second kappa shape index (κ2) is 8.68. The van der Waals surface area contributed by atoms with Gasteiger partial charge in [-0.15, -0.1) is 0 Å². The quantitative estimate of drug-likeness (QED) is 0.759. The first-order valence-corrected chi connectivity index (χ1v) is 9.19. The number of phenols is 1. The van der Waals surface area contributed by atoms with Crippen molar-refractivity contribution in [2.45, 2.75) is 20.4 Å². The number of guanidine groups is 1. The fourth-order valence-electron chi connectivity index (χ4n) is 2.98. The molecule has 0 amide bonds. The molecule has 0 spiro atoms. The van der Waals surface area contributed by atoms with Crippen molar-refractivity contribution in [1.82, 2.24) is 10.2 Å². The second-order valence-corrected chi connectivity index (χ2v) is 6.56. The minimum absolute atomic E-state index is 0.133. The van der Waals surface area contributed by atoms with E-state index in [1.54, 1.807) is 18.2 Å². The van der Waals surface area contributed by atoms with Crippen LogP contribution in [-0.2, 0) is 11.3 Å². The second-order valence-electron chi connectivity index (χ2n) is 6.56. The number of nitrogens with one attached hydrogen (secondary N) is 1. The predicted molar refractivity (Wildman–Crippen MR) is 110 cm³/mol. The molecule has 0 radical (unpaired) electrons. The Kier molecular flexibility index (Phi) is 6.07. The van der Waals surface area contributed by atoms with Crippen LogP contribution in [0, 0.1) is 12.7 Å². The van der Waals surface area contributed by atoms with Gasteiger partial charge in [-0.25, -0.2) is 9.38 Å². The molecule has 0 aromatic heterocycles. The fourth-order valence-corrected chi connectivity index (χ4v) is 2.98. The van der Waals surface area contributed by atoms with E-state index in [-0.39, 0.29) is 12.3 Å². The zero-order valence-electron chi connectivity index (χ0n) is 16.7. The number of halogens is 1. The molecule has 0 aliphatic carbocycles. The smallest absolute Gasteiger partial charge is 0.208 e. The summed E-state index contributed by atoms with van der Waals surface area (Å²) in [6.07, 6.45) is 1.74. The highest BCUT2D eigenvalue weighted by Gasteiger charge is 2.21. The SMILES string of the molecule is C=C1NC(=Nc2ccc(OCC)cc2C)N(Cc2cc(O)cc(F)c2)C=C1OC. The summed E-state index contributed by atoms with van der Waals surface area (Å²) in [7, 11) is 1.55. The molecule has 0 saturated heterocycles. The average Bonchev–Trinajstić information content (AvgIpc) is 2.65. The van der Waals surface area contributed by atoms with Gasteiger partial charge in [-0.3, -0.25) is 0 Å². The first kappa shape index (κ1) is 20.3. The Labute approximate surface area is 169 Å². The third kappa shape index (κ3) is 4.87. The summed E-state index contributed by atoms with van der Waals surface area (Å²) in [5.41, 5.74) is 2.85. The highest BCUT2D eigenvalue weighted by atomic mass is 19.1. The van der Waals surface area contributed by atoms with E-state index in [9.17, 15) is 9.50 Å². The summed E-state index contributed by atoms with van der Waals surface area (Å²) >= 11 is 0. The number of hydrogen-bond acceptors (Lipinski definition) is 4. The number of aryl methyl sites for hydroxylation is 1. The first-order valence-electron chi connectivity index (χ1n) is 9.19. The van der Waals surface area contributed by atoms with E-state index in [1.807, 2.05) is 32.0 Å². The van der Waals surface area contributed by atoms with Gasteiger partial charge in [0.05, 0.1) is 37.8 Å². The summed E-state index contributed by atoms with van der Waals surface area (Å²) in [4.78, 5) is 6.49. The maximum atomic E-state index is 13.7. The topological polar surface area (TPSA) is 66.3 Å². The molecule has 29 heavy (non-hydrogen) atoms. The molecule has 0 unspecified atom stereocenters. The lowest BCUT2D eigenvalue weighted by Crippen LogP contribution is -2.41. The van der Waals surface area contributed by atoms with Crippen molar-refractivity contribution in [1.29, 1.82) is 0 Å². The van der Waals surface area contributed by atoms with Crippen molar-refractivity contribution < 1.29 is 19.0 Å². The van der Waals surface area contributed by atoms with Crippen LogP contribution in [0.15, 0.2) is 65.6 Å². The molecule has 1 aliphatic heterocycles. The Bertz CT molecular complexity index is 965. The lowest BCUT2D eigenvalue weighted by Gasteiger charge is -2.30. The van der Waals surface area contributed by atoms with Gasteiger partial charge in [0.1, 0.15) is 17.3 Å². The van der Waals surface area contributed by atoms with Gasteiger partial charge in [0.15, 0.2) is 5.76 Å². The van der Waals surface area contributed by atoms with E-state index in [0.717, 1.165) is 23.1 Å². The maximum absolute atomic E-state index is 13.7. The minimum Gasteiger partial charge on any atom is -0.508 e. The number of aromatic hydroxyl groups is 1. The highest BCUT2D eigenvalue weighted by molar-refractivity contribution is 5.87. The fraction of sp³-hybridized carbons (Fsp3) is 0.227. The van der Waals surface area contributed by atoms with Crippen LogP contribution < -0.4 is 10.1 Å². The van der Waals surface area contributed by atoms with Crippen molar-refractivity contribution >= 4 is 11.6 Å². The van der Waals surface area contributed by atoms with Gasteiger partial charge in [0.25, 0.3) is 0 Å². The summed E-state index contributed by atoms with van der Waals surface area (Å²) in [5, 5.41) is 12.8. The third-order valence-electron chi connectivity index (χ3n) is 4.33. The number of methoxy groups -OCH3 is 1. The van der Waals surface area contributed by atoms with Crippen LogP contribution in [0.5, 0.6) is 11.5 Å². The molecule has 2 N–H and O–H groups in total. The van der Waals surface area contributed by atoms with Crippen LogP contribution >= 0.6 is 0 Å². The average molecular weight is 397 g/mol. The van der Waals surface area contributed by atoms with Crippen LogP contribution in [0.2, 0.25) is 0 Å². The Morgan fingerprint density at radius 3 is 2.69 bits per heavy atom. The monoisotopic (exact) mass is 397 g/mol. The van der Waals surface area contributed by atoms with Crippen LogP contribution in [0.25, 0.3) is 0 Å². The van der Waals surface area contributed by atoms with Gasteiger partial charge < -0.3 is 24.8 Å². The van der Waals surface area contributed by atoms with E-state index in [4.69, 9.17) is 14.5 Å². The molecule has 152 valence electrons. The molecular weight excluding hydrogens is 373 g/mol. The molecule has 3 rings (SSSR count). The molecule has 6 nitrogen and oxygen atoms in total. The third-order valence-corrected chi connectivity index (χ3v) is 4.33. The van der Waals surface area contributed by atoms with Crippen molar-refractivity contribution in [3.63, 3.8) is 0 Å². The molecule has 1 heterocycles. The number of nitrogens with zero attached hydrogens (tertiary/aromatic N) is 2. The number of ether oxygens (including phenoxy) is 2. The number of aliphatic imine (C=N–C) groups is 1. The molecule has 7 heteroatoms. The van der Waals surface area contributed by atoms with Crippen molar-refractivity contribution in [2.24, 2.45) is 4.99 Å². The molecule has 1 aliphatic rings. The standard InChI is InChI=1S/C22H24FN3O3/c1-5-29-19-6-7-20(14(2)8-19)25-22-24-15(3)21(28-4)13-26(22)12-16-9-17(23)11-18(27)10-16/h6-11,13,27H,3,5,12H2,1-2,4H3,(H,24,25). The van der Waals surface area contributed by atoms with E-state index >= 15 is 0 Å². The Morgan fingerprint density at radius 2 is 2.03 bits per heavy atom.